The number of nitrogens with zero attached hydrogens (tertiary/aromatic N) is 1. The first kappa shape index (κ1) is 15.4. The van der Waals surface area contributed by atoms with Crippen molar-refractivity contribution in [3.05, 3.63) is 66.2 Å². The number of alkyl halides is 1. The van der Waals surface area contributed by atoms with Gasteiger partial charge in [-0.2, -0.15) is 0 Å². The molecule has 0 saturated heterocycles. The van der Waals surface area contributed by atoms with Gasteiger partial charge in [0.15, 0.2) is 0 Å². The quantitative estimate of drug-likeness (QED) is 0.763. The van der Waals surface area contributed by atoms with Gasteiger partial charge in [0.05, 0.1) is 11.9 Å². The highest BCUT2D eigenvalue weighted by Crippen LogP contribution is 2.18. The molecule has 0 aliphatic heterocycles. The Kier molecular flexibility index (Phi) is 5.64. The summed E-state index contributed by atoms with van der Waals surface area (Å²) in [5.41, 5.74) is 1.84. The van der Waals surface area contributed by atoms with E-state index in [-0.39, 0.29) is 12.0 Å². The molecule has 0 heterocycles. The minimum absolute atomic E-state index is 0.193. The van der Waals surface area contributed by atoms with Gasteiger partial charge in [-0.1, -0.05) is 48.5 Å². The molecule has 0 radical (unpaired) electrons. The number of hydrogen-bond donors (Lipinski definition) is 0. The molecule has 0 saturated carbocycles. The van der Waals surface area contributed by atoms with Crippen molar-refractivity contribution >= 4 is 23.4 Å². The van der Waals surface area contributed by atoms with Crippen LogP contribution in [0.2, 0.25) is 0 Å². The third-order valence-electron chi connectivity index (χ3n) is 2.91. The van der Waals surface area contributed by atoms with Gasteiger partial charge in [0, 0.05) is 5.69 Å². The lowest BCUT2D eigenvalue weighted by atomic mass is 10.2. The fraction of sp³-hybridized carbons (Fsp3) is 0.235. The van der Waals surface area contributed by atoms with Crippen LogP contribution in [0, 0.1) is 0 Å². The molecule has 2 rings (SSSR count). The van der Waals surface area contributed by atoms with Crippen molar-refractivity contribution in [1.82, 2.24) is 0 Å². The monoisotopic (exact) mass is 303 g/mol. The molecule has 2 aromatic rings. The first-order valence-electron chi connectivity index (χ1n) is 6.84. The van der Waals surface area contributed by atoms with Gasteiger partial charge in [0.25, 0.3) is 0 Å². The average molecular weight is 304 g/mol. The van der Waals surface area contributed by atoms with Gasteiger partial charge in [-0.25, -0.2) is 4.79 Å². The van der Waals surface area contributed by atoms with E-state index in [0.29, 0.717) is 6.54 Å². The molecule has 0 aromatic heterocycles. The van der Waals surface area contributed by atoms with E-state index in [1.54, 1.807) is 11.8 Å². The average Bonchev–Trinajstić information content (AvgIpc) is 2.52. The molecule has 1 atom stereocenters. The van der Waals surface area contributed by atoms with Crippen molar-refractivity contribution in [2.75, 3.05) is 11.5 Å². The number of carbonyl (C=O) groups excluding carboxylic acids is 1. The molecule has 1 amide bonds. The minimum Gasteiger partial charge on any atom is -0.448 e. The molecule has 2 aromatic carbocycles. The van der Waals surface area contributed by atoms with Crippen LogP contribution in [0.15, 0.2) is 60.7 Å². The summed E-state index contributed by atoms with van der Waals surface area (Å²) in [6.45, 7) is 2.44. The number of anilines is 1. The first-order chi connectivity index (χ1) is 10.2. The van der Waals surface area contributed by atoms with E-state index >= 15 is 0 Å². The molecule has 0 bridgehead atoms. The number of halogens is 1. The third-order valence-corrected chi connectivity index (χ3v) is 3.03. The Bertz CT molecular complexity index is 558. The predicted octanol–water partition coefficient (Wildman–Crippen LogP) is 4.46. The molecular weight excluding hydrogens is 286 g/mol. The van der Waals surface area contributed by atoms with Gasteiger partial charge in [-0.05, 0) is 24.6 Å². The van der Waals surface area contributed by atoms with Gasteiger partial charge in [-0.15, -0.1) is 11.6 Å². The van der Waals surface area contributed by atoms with Crippen LogP contribution in [-0.4, -0.2) is 18.1 Å². The number of hydrogen-bond acceptors (Lipinski definition) is 2. The third kappa shape index (κ3) is 4.80. The number of benzene rings is 2. The van der Waals surface area contributed by atoms with Crippen LogP contribution >= 0.6 is 11.6 Å². The van der Waals surface area contributed by atoms with E-state index < -0.39 is 6.09 Å². The maximum absolute atomic E-state index is 12.3. The Morgan fingerprint density at radius 1 is 1.10 bits per heavy atom. The van der Waals surface area contributed by atoms with Crippen LogP contribution in [-0.2, 0) is 11.3 Å². The second-order valence-corrected chi connectivity index (χ2v) is 5.51. The van der Waals surface area contributed by atoms with Crippen LogP contribution in [0.25, 0.3) is 0 Å². The van der Waals surface area contributed by atoms with Crippen LogP contribution in [0.1, 0.15) is 12.5 Å². The Balaban J connectivity index is 2.16. The molecule has 3 nitrogen and oxygen atoms in total. The molecule has 0 spiro atoms. The highest BCUT2D eigenvalue weighted by atomic mass is 35.5. The molecule has 4 heteroatoms. The van der Waals surface area contributed by atoms with Crippen LogP contribution in [0.3, 0.4) is 0 Å². The van der Waals surface area contributed by atoms with E-state index in [9.17, 15) is 4.79 Å². The number of para-hydroxylation sites is 1. The molecule has 0 unspecified atom stereocenters. The Morgan fingerprint density at radius 2 is 1.67 bits per heavy atom. The van der Waals surface area contributed by atoms with E-state index in [1.165, 1.54) is 0 Å². The van der Waals surface area contributed by atoms with Crippen molar-refractivity contribution in [3.63, 3.8) is 0 Å². The largest absolute Gasteiger partial charge is 0.448 e. The SMILES string of the molecule is C[C@H](Cl)COC(=O)N(Cc1ccccc1)c1ccccc1. The highest BCUT2D eigenvalue weighted by Gasteiger charge is 2.18. The molecule has 0 aliphatic rings. The van der Waals surface area contributed by atoms with Crippen molar-refractivity contribution < 1.29 is 9.53 Å². The van der Waals surface area contributed by atoms with E-state index in [0.717, 1.165) is 11.3 Å². The summed E-state index contributed by atoms with van der Waals surface area (Å²) >= 11 is 5.84. The Labute approximate surface area is 130 Å². The first-order valence-corrected chi connectivity index (χ1v) is 7.28. The number of rotatable bonds is 5. The highest BCUT2D eigenvalue weighted by molar-refractivity contribution is 6.20. The van der Waals surface area contributed by atoms with Gasteiger partial charge in [0.2, 0.25) is 0 Å². The standard InChI is InChI=1S/C17H18ClNO2/c1-14(18)13-21-17(20)19(16-10-6-3-7-11-16)12-15-8-4-2-5-9-15/h2-11,14H,12-13H2,1H3/t14-/m0/s1. The van der Waals surface area contributed by atoms with Crippen molar-refractivity contribution in [3.8, 4) is 0 Å². The summed E-state index contributed by atoms with van der Waals surface area (Å²) in [7, 11) is 0. The lowest BCUT2D eigenvalue weighted by Gasteiger charge is -2.22. The summed E-state index contributed by atoms with van der Waals surface area (Å²) in [5.74, 6) is 0. The molecule has 0 N–H and O–H groups in total. The number of amides is 1. The zero-order chi connectivity index (χ0) is 15.1. The molecular formula is C17H18ClNO2. The smallest absolute Gasteiger partial charge is 0.414 e. The fourth-order valence-electron chi connectivity index (χ4n) is 1.90. The zero-order valence-corrected chi connectivity index (χ0v) is 12.7. The molecule has 0 fully saturated rings. The summed E-state index contributed by atoms with van der Waals surface area (Å²) < 4.78 is 5.25. The topological polar surface area (TPSA) is 29.5 Å². The van der Waals surface area contributed by atoms with Crippen LogP contribution in [0.5, 0.6) is 0 Å². The van der Waals surface area contributed by atoms with Crippen LogP contribution in [0.4, 0.5) is 10.5 Å². The Morgan fingerprint density at radius 3 is 2.24 bits per heavy atom. The zero-order valence-electron chi connectivity index (χ0n) is 11.9. The van der Waals surface area contributed by atoms with Crippen molar-refractivity contribution in [1.29, 1.82) is 0 Å². The van der Waals surface area contributed by atoms with E-state index in [4.69, 9.17) is 16.3 Å². The Hall–Kier alpha value is -2.00. The van der Waals surface area contributed by atoms with Gasteiger partial charge < -0.3 is 4.74 Å². The molecule has 110 valence electrons. The maximum atomic E-state index is 12.3. The minimum atomic E-state index is -0.391. The second kappa shape index (κ2) is 7.70. The van der Waals surface area contributed by atoms with Crippen molar-refractivity contribution in [2.45, 2.75) is 18.8 Å². The van der Waals surface area contributed by atoms with E-state index in [2.05, 4.69) is 0 Å². The summed E-state index contributed by atoms with van der Waals surface area (Å²) in [6.07, 6.45) is -0.391. The van der Waals surface area contributed by atoms with Crippen molar-refractivity contribution in [2.24, 2.45) is 0 Å². The van der Waals surface area contributed by atoms with Gasteiger partial charge >= 0.3 is 6.09 Å². The lowest BCUT2D eigenvalue weighted by Crippen LogP contribution is -2.32. The molecule has 21 heavy (non-hydrogen) atoms. The van der Waals surface area contributed by atoms with Crippen LogP contribution < -0.4 is 4.90 Å². The summed E-state index contributed by atoms with van der Waals surface area (Å²) in [4.78, 5) is 13.9. The van der Waals surface area contributed by atoms with Gasteiger partial charge in [0.1, 0.15) is 6.61 Å². The summed E-state index contributed by atoms with van der Waals surface area (Å²) in [5, 5.41) is -0.205. The number of carbonyl (C=O) groups is 1. The fourth-order valence-corrected chi connectivity index (χ4v) is 1.96. The predicted molar refractivity (Wildman–Crippen MR) is 85.7 cm³/mol. The van der Waals surface area contributed by atoms with Gasteiger partial charge in [-0.3, -0.25) is 4.90 Å². The van der Waals surface area contributed by atoms with E-state index in [1.807, 2.05) is 60.7 Å². The maximum Gasteiger partial charge on any atom is 0.414 e. The normalized spacial score (nSPS) is 11.7. The second-order valence-electron chi connectivity index (χ2n) is 4.76. The molecule has 0 aliphatic carbocycles. The lowest BCUT2D eigenvalue weighted by molar-refractivity contribution is 0.154. The number of ether oxygens (including phenoxy) is 1. The summed E-state index contributed by atoms with van der Waals surface area (Å²) in [6, 6.07) is 19.3.